The highest BCUT2D eigenvalue weighted by Gasteiger charge is 2.37. The number of nitrogens with zero attached hydrogens (tertiary/aromatic N) is 3. The number of hydrogen-bond acceptors (Lipinski definition) is 5. The number of benzene rings is 2. The zero-order valence-electron chi connectivity index (χ0n) is 16.7. The number of anilines is 1. The van der Waals surface area contributed by atoms with Gasteiger partial charge in [0, 0.05) is 23.7 Å². The van der Waals surface area contributed by atoms with Gasteiger partial charge in [0.1, 0.15) is 25.1 Å². The Kier molecular flexibility index (Phi) is 5.15. The minimum Gasteiger partial charge on any atom is -0.486 e. The number of carbonyl (C=O) groups excluding carboxylic acids is 2. The van der Waals surface area contributed by atoms with Crippen LogP contribution >= 0.6 is 11.6 Å². The van der Waals surface area contributed by atoms with Crippen LogP contribution in [-0.2, 0) is 4.79 Å². The van der Waals surface area contributed by atoms with Crippen molar-refractivity contribution in [3.05, 3.63) is 53.1 Å². The molecule has 0 radical (unpaired) electrons. The molecule has 1 N–H and O–H groups in total. The second kappa shape index (κ2) is 8.11. The molecular formula is C22H21ClN4O4. The predicted octanol–water partition coefficient (Wildman–Crippen LogP) is 2.69. The van der Waals surface area contributed by atoms with E-state index in [1.54, 1.807) is 17.0 Å². The van der Waals surface area contributed by atoms with Gasteiger partial charge in [-0.15, -0.1) is 0 Å². The fourth-order valence-corrected chi connectivity index (χ4v) is 4.10. The molecule has 8 nitrogen and oxygen atoms in total. The van der Waals surface area contributed by atoms with Crippen LogP contribution in [0.5, 0.6) is 11.5 Å². The van der Waals surface area contributed by atoms with Crippen LogP contribution in [0.4, 0.5) is 10.5 Å². The van der Waals surface area contributed by atoms with Crippen LogP contribution < -0.4 is 19.7 Å². The van der Waals surface area contributed by atoms with E-state index in [9.17, 15) is 9.59 Å². The van der Waals surface area contributed by atoms with E-state index < -0.39 is 0 Å². The maximum absolute atomic E-state index is 13.1. The van der Waals surface area contributed by atoms with Gasteiger partial charge in [-0.05, 0) is 36.8 Å². The lowest BCUT2D eigenvalue weighted by atomic mass is 10.1. The van der Waals surface area contributed by atoms with Gasteiger partial charge < -0.3 is 14.8 Å². The maximum atomic E-state index is 13.1. The van der Waals surface area contributed by atoms with Crippen molar-refractivity contribution in [3.63, 3.8) is 0 Å². The number of carbonyl (C=O) groups is 2. The average molecular weight is 441 g/mol. The molecule has 0 saturated carbocycles. The molecule has 0 aromatic heterocycles. The fourth-order valence-electron chi connectivity index (χ4n) is 3.93. The first kappa shape index (κ1) is 19.7. The number of ether oxygens (including phenoxy) is 2. The summed E-state index contributed by atoms with van der Waals surface area (Å²) in [4.78, 5) is 33.4. The summed E-state index contributed by atoms with van der Waals surface area (Å²) in [6.07, 6.45) is 0.483. The third-order valence-corrected chi connectivity index (χ3v) is 5.64. The van der Waals surface area contributed by atoms with Crippen LogP contribution in [0.2, 0.25) is 5.02 Å². The molecule has 3 aliphatic rings. The molecular weight excluding hydrogens is 420 g/mol. The van der Waals surface area contributed by atoms with E-state index >= 15 is 0 Å². The molecule has 3 heterocycles. The van der Waals surface area contributed by atoms with Crippen LogP contribution in [0.3, 0.4) is 0 Å². The molecule has 3 aliphatic heterocycles. The number of halogens is 1. The summed E-state index contributed by atoms with van der Waals surface area (Å²) in [6, 6.07) is 12.5. The second-order valence-corrected chi connectivity index (χ2v) is 7.98. The van der Waals surface area contributed by atoms with Crippen molar-refractivity contribution in [3.8, 4) is 11.5 Å². The molecule has 1 atom stereocenters. The molecule has 31 heavy (non-hydrogen) atoms. The SMILES string of the molecule is O=C(CN1C(=O)N2CCCN=C2c2ccc(Cl)cc21)NC[C@@H]1COc2ccccc2O1. The number of rotatable bonds is 4. The number of urea groups is 1. The van der Waals surface area contributed by atoms with Gasteiger partial charge in [-0.3, -0.25) is 19.6 Å². The molecule has 0 unspecified atom stereocenters. The van der Waals surface area contributed by atoms with Gasteiger partial charge in [0.2, 0.25) is 5.91 Å². The molecule has 2 aromatic carbocycles. The largest absolute Gasteiger partial charge is 0.486 e. The summed E-state index contributed by atoms with van der Waals surface area (Å²) in [5.74, 6) is 1.70. The van der Waals surface area contributed by atoms with Gasteiger partial charge in [0.25, 0.3) is 0 Å². The van der Waals surface area contributed by atoms with E-state index in [1.807, 2.05) is 30.3 Å². The fraction of sp³-hybridized carbons (Fsp3) is 0.318. The molecule has 3 amide bonds. The first-order valence-electron chi connectivity index (χ1n) is 10.2. The normalized spacial score (nSPS) is 19.3. The van der Waals surface area contributed by atoms with Crippen LogP contribution in [-0.4, -0.2) is 61.6 Å². The lowest BCUT2D eigenvalue weighted by Gasteiger charge is -2.39. The lowest BCUT2D eigenvalue weighted by molar-refractivity contribution is -0.120. The van der Waals surface area contributed by atoms with E-state index in [0.29, 0.717) is 47.7 Å². The lowest BCUT2D eigenvalue weighted by Crippen LogP contribution is -2.55. The molecule has 5 rings (SSSR count). The molecule has 0 bridgehead atoms. The highest BCUT2D eigenvalue weighted by Crippen LogP contribution is 2.33. The Bertz CT molecular complexity index is 1070. The number of amidine groups is 1. The van der Waals surface area contributed by atoms with Crippen molar-refractivity contribution < 1.29 is 19.1 Å². The summed E-state index contributed by atoms with van der Waals surface area (Å²) < 4.78 is 11.6. The van der Waals surface area contributed by atoms with E-state index in [-0.39, 0.29) is 31.1 Å². The Labute approximate surface area is 184 Å². The number of para-hydroxylation sites is 2. The topological polar surface area (TPSA) is 83.5 Å². The molecule has 0 saturated heterocycles. The van der Waals surface area contributed by atoms with E-state index in [2.05, 4.69) is 10.3 Å². The summed E-state index contributed by atoms with van der Waals surface area (Å²) in [6.45, 7) is 1.74. The zero-order chi connectivity index (χ0) is 21.4. The standard InChI is InChI=1S/C22H21ClN4O4/c23-14-6-7-16-17(10-14)27(22(29)26-9-3-8-24-21(16)26)12-20(28)25-11-15-13-30-18-4-1-2-5-19(18)31-15/h1-2,4-7,10,15H,3,8-9,11-13H2,(H,25,28)/t15-/m1/s1. The van der Waals surface area contributed by atoms with Gasteiger partial charge in [0.15, 0.2) is 11.5 Å². The molecule has 0 spiro atoms. The monoisotopic (exact) mass is 440 g/mol. The van der Waals surface area contributed by atoms with Gasteiger partial charge in [-0.25, -0.2) is 4.79 Å². The average Bonchev–Trinajstić information content (AvgIpc) is 2.80. The molecule has 9 heteroatoms. The number of hydrogen-bond donors (Lipinski definition) is 1. The molecule has 160 valence electrons. The van der Waals surface area contributed by atoms with Crippen LogP contribution in [0, 0.1) is 0 Å². The summed E-state index contributed by atoms with van der Waals surface area (Å²) in [5, 5.41) is 3.34. The quantitative estimate of drug-likeness (QED) is 0.792. The third-order valence-electron chi connectivity index (χ3n) is 5.41. The van der Waals surface area contributed by atoms with Crippen molar-refractivity contribution in [2.75, 3.05) is 37.7 Å². The number of amides is 3. The van der Waals surface area contributed by atoms with E-state index in [1.165, 1.54) is 4.90 Å². The van der Waals surface area contributed by atoms with Crippen LogP contribution in [0.1, 0.15) is 12.0 Å². The van der Waals surface area contributed by atoms with Crippen molar-refractivity contribution in [2.45, 2.75) is 12.5 Å². The number of nitrogens with one attached hydrogen (secondary N) is 1. The van der Waals surface area contributed by atoms with Gasteiger partial charge in [-0.1, -0.05) is 23.7 Å². The first-order chi connectivity index (χ1) is 15.1. The van der Waals surface area contributed by atoms with Crippen molar-refractivity contribution in [1.82, 2.24) is 10.2 Å². The van der Waals surface area contributed by atoms with E-state index in [4.69, 9.17) is 21.1 Å². The number of fused-ring (bicyclic) bond motifs is 4. The Morgan fingerprint density at radius 2 is 2.06 bits per heavy atom. The molecule has 2 aromatic rings. The summed E-state index contributed by atoms with van der Waals surface area (Å²) in [5.41, 5.74) is 1.40. The Balaban J connectivity index is 1.29. The Hall–Kier alpha value is -3.26. The van der Waals surface area contributed by atoms with Crippen molar-refractivity contribution in [1.29, 1.82) is 0 Å². The van der Waals surface area contributed by atoms with Crippen LogP contribution in [0.15, 0.2) is 47.5 Å². The highest BCUT2D eigenvalue weighted by atomic mass is 35.5. The molecule has 0 aliphatic carbocycles. The zero-order valence-corrected chi connectivity index (χ0v) is 17.5. The highest BCUT2D eigenvalue weighted by molar-refractivity contribution is 6.31. The Morgan fingerprint density at radius 3 is 2.94 bits per heavy atom. The van der Waals surface area contributed by atoms with Crippen LogP contribution in [0.25, 0.3) is 0 Å². The van der Waals surface area contributed by atoms with Crippen molar-refractivity contribution >= 4 is 35.1 Å². The summed E-state index contributed by atoms with van der Waals surface area (Å²) >= 11 is 6.18. The minimum absolute atomic E-state index is 0.125. The summed E-state index contributed by atoms with van der Waals surface area (Å²) in [7, 11) is 0. The number of aliphatic imine (C=N–C) groups is 1. The second-order valence-electron chi connectivity index (χ2n) is 7.54. The van der Waals surface area contributed by atoms with Crippen molar-refractivity contribution in [2.24, 2.45) is 4.99 Å². The third kappa shape index (κ3) is 3.79. The Morgan fingerprint density at radius 1 is 1.23 bits per heavy atom. The van der Waals surface area contributed by atoms with Gasteiger partial charge >= 0.3 is 6.03 Å². The smallest absolute Gasteiger partial charge is 0.330 e. The predicted molar refractivity (Wildman–Crippen MR) is 116 cm³/mol. The van der Waals surface area contributed by atoms with Gasteiger partial charge in [-0.2, -0.15) is 0 Å². The minimum atomic E-state index is -0.307. The van der Waals surface area contributed by atoms with E-state index in [0.717, 1.165) is 12.0 Å². The van der Waals surface area contributed by atoms with Gasteiger partial charge in [0.05, 0.1) is 12.2 Å². The first-order valence-corrected chi connectivity index (χ1v) is 10.6. The molecule has 0 fully saturated rings. The maximum Gasteiger partial charge on any atom is 0.330 e.